The van der Waals surface area contributed by atoms with Gasteiger partial charge in [-0.2, -0.15) is 0 Å². The van der Waals surface area contributed by atoms with Crippen LogP contribution in [-0.4, -0.2) is 45.9 Å². The lowest BCUT2D eigenvalue weighted by Gasteiger charge is -2.34. The molecular formula is C22H26N5O2P. The number of benzene rings is 1. The predicted molar refractivity (Wildman–Crippen MR) is 120 cm³/mol. The molecule has 1 saturated heterocycles. The van der Waals surface area contributed by atoms with Crippen LogP contribution in [0.25, 0.3) is 11.1 Å². The first-order chi connectivity index (χ1) is 14.4. The minimum absolute atomic E-state index is 0.0285. The van der Waals surface area contributed by atoms with Crippen LogP contribution in [0.5, 0.6) is 0 Å². The SMILES string of the molecule is Cc1oc2ncnc(NC3(C)CC3)c2c1C(=O)N1CCNC(c2ccc(P)cc2)C1. The number of piperazine rings is 1. The number of aryl methyl sites for hydroxylation is 1. The van der Waals surface area contributed by atoms with Crippen molar-refractivity contribution in [1.82, 2.24) is 20.2 Å². The van der Waals surface area contributed by atoms with Crippen LogP contribution in [0.15, 0.2) is 35.0 Å². The first-order valence-corrected chi connectivity index (χ1v) is 10.9. The van der Waals surface area contributed by atoms with E-state index in [0.717, 1.165) is 24.7 Å². The molecule has 2 N–H and O–H groups in total. The van der Waals surface area contributed by atoms with Gasteiger partial charge in [-0.05, 0) is 37.6 Å². The van der Waals surface area contributed by atoms with E-state index in [1.807, 2.05) is 11.8 Å². The van der Waals surface area contributed by atoms with Gasteiger partial charge in [-0.3, -0.25) is 4.79 Å². The maximum Gasteiger partial charge on any atom is 0.258 e. The monoisotopic (exact) mass is 423 g/mol. The molecule has 2 aromatic heterocycles. The lowest BCUT2D eigenvalue weighted by atomic mass is 10.0. The molecular weight excluding hydrogens is 397 g/mol. The Morgan fingerprint density at radius 3 is 2.80 bits per heavy atom. The summed E-state index contributed by atoms with van der Waals surface area (Å²) in [6.07, 6.45) is 3.67. The molecule has 1 amide bonds. The van der Waals surface area contributed by atoms with E-state index in [0.29, 0.717) is 41.3 Å². The van der Waals surface area contributed by atoms with Gasteiger partial charge in [0, 0.05) is 31.2 Å². The number of aromatic nitrogens is 2. The fourth-order valence-electron chi connectivity index (χ4n) is 4.04. The molecule has 30 heavy (non-hydrogen) atoms. The molecule has 5 rings (SSSR count). The molecule has 7 nitrogen and oxygen atoms in total. The summed E-state index contributed by atoms with van der Waals surface area (Å²) in [4.78, 5) is 24.2. The molecule has 0 radical (unpaired) electrons. The second-order valence-electron chi connectivity index (χ2n) is 8.55. The Morgan fingerprint density at radius 2 is 2.07 bits per heavy atom. The third kappa shape index (κ3) is 3.57. The molecule has 2 fully saturated rings. The summed E-state index contributed by atoms with van der Waals surface area (Å²) in [5.74, 6) is 1.24. The van der Waals surface area contributed by atoms with Gasteiger partial charge in [-0.25, -0.2) is 9.97 Å². The van der Waals surface area contributed by atoms with E-state index in [2.05, 4.69) is 61.0 Å². The second-order valence-corrected chi connectivity index (χ2v) is 9.21. The van der Waals surface area contributed by atoms with Crippen molar-refractivity contribution >= 4 is 37.4 Å². The number of amides is 1. The minimum atomic E-state index is -0.0285. The third-order valence-corrected chi connectivity index (χ3v) is 6.48. The standard InChI is InChI=1S/C22H26N5O2P/c1-13-17(18-19(26-22(2)7-8-22)24-12-25-20(18)29-13)21(28)27-10-9-23-16(11-27)14-3-5-15(30)6-4-14/h3-6,12,16,23H,7-11,30H2,1-2H3,(H,24,25,26). The Bertz CT molecular complexity index is 1110. The second kappa shape index (κ2) is 7.33. The van der Waals surface area contributed by atoms with E-state index < -0.39 is 0 Å². The summed E-state index contributed by atoms with van der Waals surface area (Å²) in [7, 11) is 2.70. The molecule has 156 valence electrons. The third-order valence-electron chi connectivity index (χ3n) is 6.10. The van der Waals surface area contributed by atoms with Crippen LogP contribution in [0.2, 0.25) is 0 Å². The first kappa shape index (κ1) is 19.5. The first-order valence-electron chi connectivity index (χ1n) is 10.3. The molecule has 0 bridgehead atoms. The number of carbonyl (C=O) groups is 1. The molecule has 2 unspecified atom stereocenters. The van der Waals surface area contributed by atoms with Crippen molar-refractivity contribution in [2.24, 2.45) is 0 Å². The molecule has 2 atom stereocenters. The smallest absolute Gasteiger partial charge is 0.258 e. The zero-order chi connectivity index (χ0) is 20.9. The molecule has 2 aliphatic rings. The number of fused-ring (bicyclic) bond motifs is 1. The van der Waals surface area contributed by atoms with E-state index in [4.69, 9.17) is 4.42 Å². The Labute approximate surface area is 177 Å². The van der Waals surface area contributed by atoms with Crippen molar-refractivity contribution in [3.63, 3.8) is 0 Å². The van der Waals surface area contributed by atoms with Gasteiger partial charge in [0.25, 0.3) is 5.91 Å². The molecule has 8 heteroatoms. The van der Waals surface area contributed by atoms with Crippen LogP contribution in [0.4, 0.5) is 5.82 Å². The highest BCUT2D eigenvalue weighted by Crippen LogP contribution is 2.40. The number of anilines is 1. The molecule has 3 heterocycles. The Hall–Kier alpha value is -2.50. The van der Waals surface area contributed by atoms with Crippen molar-refractivity contribution in [2.75, 3.05) is 25.0 Å². The molecule has 1 saturated carbocycles. The molecule has 1 aliphatic carbocycles. The Morgan fingerprint density at radius 1 is 1.30 bits per heavy atom. The van der Waals surface area contributed by atoms with E-state index in [9.17, 15) is 4.79 Å². The van der Waals surface area contributed by atoms with Gasteiger partial charge >= 0.3 is 0 Å². The van der Waals surface area contributed by atoms with Gasteiger partial charge in [0.05, 0.1) is 10.9 Å². The van der Waals surface area contributed by atoms with Crippen molar-refractivity contribution in [1.29, 1.82) is 0 Å². The topological polar surface area (TPSA) is 83.3 Å². The highest BCUT2D eigenvalue weighted by Gasteiger charge is 2.39. The number of furan rings is 1. The van der Waals surface area contributed by atoms with Crippen LogP contribution >= 0.6 is 9.24 Å². The van der Waals surface area contributed by atoms with Gasteiger partial charge in [0.1, 0.15) is 17.9 Å². The van der Waals surface area contributed by atoms with Crippen molar-refractivity contribution < 1.29 is 9.21 Å². The zero-order valence-electron chi connectivity index (χ0n) is 17.2. The zero-order valence-corrected chi connectivity index (χ0v) is 18.4. The number of hydrogen-bond acceptors (Lipinski definition) is 6. The van der Waals surface area contributed by atoms with E-state index in [-0.39, 0.29) is 17.5 Å². The number of nitrogens with zero attached hydrogens (tertiary/aromatic N) is 3. The normalized spacial score (nSPS) is 20.4. The summed E-state index contributed by atoms with van der Waals surface area (Å²) < 4.78 is 5.85. The maximum atomic E-state index is 13.6. The van der Waals surface area contributed by atoms with E-state index in [1.165, 1.54) is 11.9 Å². The molecule has 3 aromatic rings. The lowest BCUT2D eigenvalue weighted by Crippen LogP contribution is -2.48. The summed E-state index contributed by atoms with van der Waals surface area (Å²) in [5.41, 5.74) is 2.25. The quantitative estimate of drug-likeness (QED) is 0.628. The predicted octanol–water partition coefficient (Wildman–Crippen LogP) is 2.78. The summed E-state index contributed by atoms with van der Waals surface area (Å²) in [6.45, 7) is 5.99. The lowest BCUT2D eigenvalue weighted by molar-refractivity contribution is 0.0703. The molecule has 1 aliphatic heterocycles. The van der Waals surface area contributed by atoms with Gasteiger partial charge in [-0.15, -0.1) is 9.24 Å². The van der Waals surface area contributed by atoms with Gasteiger partial charge in [-0.1, -0.05) is 24.3 Å². The van der Waals surface area contributed by atoms with Gasteiger partial charge in [0.2, 0.25) is 5.71 Å². The van der Waals surface area contributed by atoms with E-state index in [1.54, 1.807) is 0 Å². The number of hydrogen-bond donors (Lipinski definition) is 2. The van der Waals surface area contributed by atoms with Crippen LogP contribution in [0.1, 0.15) is 47.5 Å². The Kier molecular flexibility index (Phi) is 4.75. The van der Waals surface area contributed by atoms with Crippen LogP contribution in [0, 0.1) is 6.92 Å². The van der Waals surface area contributed by atoms with Crippen molar-refractivity contribution in [3.8, 4) is 0 Å². The van der Waals surface area contributed by atoms with E-state index >= 15 is 0 Å². The highest BCUT2D eigenvalue weighted by molar-refractivity contribution is 7.27. The van der Waals surface area contributed by atoms with Crippen molar-refractivity contribution in [3.05, 3.63) is 47.5 Å². The average molecular weight is 423 g/mol. The summed E-state index contributed by atoms with van der Waals surface area (Å²) >= 11 is 0. The Balaban J connectivity index is 1.46. The summed E-state index contributed by atoms with van der Waals surface area (Å²) in [5, 5.41) is 8.85. The molecule has 0 spiro atoms. The number of nitrogens with one attached hydrogen (secondary N) is 2. The summed E-state index contributed by atoms with van der Waals surface area (Å²) in [6, 6.07) is 8.47. The fraction of sp³-hybridized carbons (Fsp3) is 0.409. The number of rotatable bonds is 4. The van der Waals surface area contributed by atoms with Crippen LogP contribution in [0.3, 0.4) is 0 Å². The van der Waals surface area contributed by atoms with Crippen LogP contribution < -0.4 is 15.9 Å². The number of carbonyl (C=O) groups excluding carboxylic acids is 1. The van der Waals surface area contributed by atoms with Gasteiger partial charge in [0.15, 0.2) is 0 Å². The minimum Gasteiger partial charge on any atom is -0.442 e. The molecule has 1 aromatic carbocycles. The fourth-order valence-corrected chi connectivity index (χ4v) is 4.23. The van der Waals surface area contributed by atoms with Crippen LogP contribution in [-0.2, 0) is 0 Å². The maximum absolute atomic E-state index is 13.6. The van der Waals surface area contributed by atoms with Gasteiger partial charge < -0.3 is 20.0 Å². The van der Waals surface area contributed by atoms with Crippen molar-refractivity contribution in [2.45, 2.75) is 38.3 Å². The highest BCUT2D eigenvalue weighted by atomic mass is 31.0. The largest absolute Gasteiger partial charge is 0.442 e. The average Bonchev–Trinajstić information content (AvgIpc) is 3.36.